The van der Waals surface area contributed by atoms with Crippen LogP contribution < -0.4 is 5.73 Å². The second-order valence-corrected chi connectivity index (χ2v) is 7.06. The lowest BCUT2D eigenvalue weighted by Crippen LogP contribution is -2.36. The van der Waals surface area contributed by atoms with Gasteiger partial charge < -0.3 is 5.73 Å². The van der Waals surface area contributed by atoms with Crippen molar-refractivity contribution in [2.24, 2.45) is 17.1 Å². The Kier molecular flexibility index (Phi) is 7.29. The molecule has 1 rings (SSSR count). The quantitative estimate of drug-likeness (QED) is 0.556. The first-order valence-electron chi connectivity index (χ1n) is 8.33. The lowest BCUT2D eigenvalue weighted by Gasteiger charge is -2.32. The lowest BCUT2D eigenvalue weighted by atomic mass is 9.76. The van der Waals surface area contributed by atoms with Gasteiger partial charge in [-0.1, -0.05) is 72.1 Å². The third kappa shape index (κ3) is 5.30. The Balaban J connectivity index is 2.05. The first-order valence-corrected chi connectivity index (χ1v) is 8.33. The van der Waals surface area contributed by atoms with E-state index in [0.29, 0.717) is 11.5 Å². The molecule has 18 heavy (non-hydrogen) atoms. The number of rotatable bonds is 9. The molecule has 2 atom stereocenters. The number of nitrogens with two attached hydrogens (primary N) is 1. The Morgan fingerprint density at radius 2 is 1.67 bits per heavy atom. The zero-order valence-electron chi connectivity index (χ0n) is 13.0. The first kappa shape index (κ1) is 16.0. The maximum absolute atomic E-state index is 6.42. The summed E-state index contributed by atoms with van der Waals surface area (Å²) in [5.74, 6) is 0.776. The standard InChI is InChI=1S/C17H35N/c1-4-5-6-7-8-9-10-13-16(18)15-12-11-14-17(15,2)3/h15-16H,4-14,18H2,1-3H3. The molecule has 0 bridgehead atoms. The van der Waals surface area contributed by atoms with E-state index in [4.69, 9.17) is 5.73 Å². The van der Waals surface area contributed by atoms with Gasteiger partial charge in [-0.3, -0.25) is 0 Å². The van der Waals surface area contributed by atoms with Crippen LogP contribution in [0.1, 0.15) is 91.4 Å². The van der Waals surface area contributed by atoms with Crippen LogP contribution in [-0.4, -0.2) is 6.04 Å². The number of hydrogen-bond acceptors (Lipinski definition) is 1. The summed E-state index contributed by atoms with van der Waals surface area (Å²) >= 11 is 0. The van der Waals surface area contributed by atoms with E-state index in [1.54, 1.807) is 0 Å². The van der Waals surface area contributed by atoms with Crippen molar-refractivity contribution in [3.8, 4) is 0 Å². The highest BCUT2D eigenvalue weighted by Crippen LogP contribution is 2.44. The molecule has 1 heteroatoms. The van der Waals surface area contributed by atoms with Crippen molar-refractivity contribution in [3.05, 3.63) is 0 Å². The fourth-order valence-corrected chi connectivity index (χ4v) is 3.69. The predicted octanol–water partition coefficient (Wildman–Crippen LogP) is 5.28. The molecule has 1 aliphatic rings. The third-order valence-electron chi connectivity index (χ3n) is 5.00. The molecular formula is C17H35N. The fraction of sp³-hybridized carbons (Fsp3) is 1.00. The van der Waals surface area contributed by atoms with Crippen LogP contribution in [0, 0.1) is 11.3 Å². The molecule has 0 saturated heterocycles. The van der Waals surface area contributed by atoms with E-state index in [2.05, 4.69) is 20.8 Å². The minimum Gasteiger partial charge on any atom is -0.327 e. The highest BCUT2D eigenvalue weighted by atomic mass is 14.7. The molecule has 0 aromatic heterocycles. The average molecular weight is 253 g/mol. The van der Waals surface area contributed by atoms with Crippen LogP contribution in [0.2, 0.25) is 0 Å². The normalized spacial score (nSPS) is 24.3. The molecule has 0 amide bonds. The summed E-state index contributed by atoms with van der Waals surface area (Å²) < 4.78 is 0. The van der Waals surface area contributed by atoms with Crippen LogP contribution in [0.4, 0.5) is 0 Å². The Morgan fingerprint density at radius 1 is 1.06 bits per heavy atom. The Labute approximate surface area is 115 Å². The molecule has 1 fully saturated rings. The zero-order valence-corrected chi connectivity index (χ0v) is 13.0. The zero-order chi connectivity index (χ0) is 13.4. The van der Waals surface area contributed by atoms with Crippen LogP contribution in [-0.2, 0) is 0 Å². The summed E-state index contributed by atoms with van der Waals surface area (Å²) in [5, 5.41) is 0. The van der Waals surface area contributed by atoms with E-state index < -0.39 is 0 Å². The average Bonchev–Trinajstić information content (AvgIpc) is 2.67. The van der Waals surface area contributed by atoms with E-state index in [1.165, 1.54) is 70.6 Å². The molecule has 2 unspecified atom stereocenters. The van der Waals surface area contributed by atoms with E-state index in [9.17, 15) is 0 Å². The molecule has 0 aromatic carbocycles. The summed E-state index contributed by atoms with van der Waals surface area (Å²) in [6.45, 7) is 7.10. The van der Waals surface area contributed by atoms with Gasteiger partial charge in [0.25, 0.3) is 0 Å². The van der Waals surface area contributed by atoms with Crippen molar-refractivity contribution in [2.75, 3.05) is 0 Å². The smallest absolute Gasteiger partial charge is 0.00722 e. The number of hydrogen-bond donors (Lipinski definition) is 1. The van der Waals surface area contributed by atoms with Gasteiger partial charge in [0.1, 0.15) is 0 Å². The van der Waals surface area contributed by atoms with Gasteiger partial charge in [-0.2, -0.15) is 0 Å². The molecule has 0 aromatic rings. The molecule has 0 heterocycles. The highest BCUT2D eigenvalue weighted by Gasteiger charge is 2.37. The van der Waals surface area contributed by atoms with Crippen LogP contribution in [0.3, 0.4) is 0 Å². The van der Waals surface area contributed by atoms with Gasteiger partial charge in [0.15, 0.2) is 0 Å². The predicted molar refractivity (Wildman–Crippen MR) is 81.7 cm³/mol. The van der Waals surface area contributed by atoms with Crippen LogP contribution in [0.15, 0.2) is 0 Å². The monoisotopic (exact) mass is 253 g/mol. The van der Waals surface area contributed by atoms with Crippen molar-refractivity contribution < 1.29 is 0 Å². The van der Waals surface area contributed by atoms with E-state index in [1.807, 2.05) is 0 Å². The van der Waals surface area contributed by atoms with Gasteiger partial charge in [-0.15, -0.1) is 0 Å². The van der Waals surface area contributed by atoms with E-state index >= 15 is 0 Å². The van der Waals surface area contributed by atoms with Crippen LogP contribution >= 0.6 is 0 Å². The molecule has 0 radical (unpaired) electrons. The topological polar surface area (TPSA) is 26.0 Å². The van der Waals surface area contributed by atoms with E-state index in [0.717, 1.165) is 5.92 Å². The second kappa shape index (κ2) is 8.19. The van der Waals surface area contributed by atoms with Crippen molar-refractivity contribution in [3.63, 3.8) is 0 Å². The molecule has 2 N–H and O–H groups in total. The maximum Gasteiger partial charge on any atom is 0.00722 e. The van der Waals surface area contributed by atoms with Gasteiger partial charge in [0.2, 0.25) is 0 Å². The highest BCUT2D eigenvalue weighted by molar-refractivity contribution is 4.90. The van der Waals surface area contributed by atoms with Gasteiger partial charge in [0, 0.05) is 6.04 Å². The summed E-state index contributed by atoms with van der Waals surface area (Å²) in [6, 6.07) is 0.457. The van der Waals surface area contributed by atoms with Crippen molar-refractivity contribution in [1.82, 2.24) is 0 Å². The SMILES string of the molecule is CCCCCCCCCC(N)C1CCCC1(C)C. The molecule has 1 nitrogen and oxygen atoms in total. The minimum absolute atomic E-state index is 0.457. The third-order valence-corrected chi connectivity index (χ3v) is 5.00. The molecule has 1 saturated carbocycles. The molecule has 0 aliphatic heterocycles. The molecule has 0 spiro atoms. The van der Waals surface area contributed by atoms with Crippen LogP contribution in [0.5, 0.6) is 0 Å². The number of unbranched alkanes of at least 4 members (excludes halogenated alkanes) is 6. The van der Waals surface area contributed by atoms with Gasteiger partial charge >= 0.3 is 0 Å². The maximum atomic E-state index is 6.42. The summed E-state index contributed by atoms with van der Waals surface area (Å²) in [4.78, 5) is 0. The summed E-state index contributed by atoms with van der Waals surface area (Å²) in [5.41, 5.74) is 6.92. The molecule has 1 aliphatic carbocycles. The minimum atomic E-state index is 0.457. The Morgan fingerprint density at radius 3 is 2.22 bits per heavy atom. The summed E-state index contributed by atoms with van der Waals surface area (Å²) in [6.07, 6.45) is 15.2. The summed E-state index contributed by atoms with van der Waals surface area (Å²) in [7, 11) is 0. The fourth-order valence-electron chi connectivity index (χ4n) is 3.69. The van der Waals surface area contributed by atoms with Gasteiger partial charge in [-0.05, 0) is 30.6 Å². The Bertz CT molecular complexity index is 210. The second-order valence-electron chi connectivity index (χ2n) is 7.06. The van der Waals surface area contributed by atoms with Gasteiger partial charge in [0.05, 0.1) is 0 Å². The molecule has 108 valence electrons. The Hall–Kier alpha value is -0.0400. The van der Waals surface area contributed by atoms with Crippen molar-refractivity contribution >= 4 is 0 Å². The first-order chi connectivity index (χ1) is 8.58. The van der Waals surface area contributed by atoms with Gasteiger partial charge in [-0.25, -0.2) is 0 Å². The molecular weight excluding hydrogens is 218 g/mol. The van der Waals surface area contributed by atoms with E-state index in [-0.39, 0.29) is 0 Å². The lowest BCUT2D eigenvalue weighted by molar-refractivity contribution is 0.212. The largest absolute Gasteiger partial charge is 0.327 e. The van der Waals surface area contributed by atoms with Crippen LogP contribution in [0.25, 0.3) is 0 Å². The van der Waals surface area contributed by atoms with Crippen molar-refractivity contribution in [1.29, 1.82) is 0 Å². The van der Waals surface area contributed by atoms with Crippen molar-refractivity contribution in [2.45, 2.75) is 97.4 Å².